The minimum Gasteiger partial charge on any atom is -0.458 e. The third-order valence-corrected chi connectivity index (χ3v) is 16.1. The standard InChI is InChI=1S/C66H121N7O2/c1-7-11-13-15-17-19-21-23-25-27-29-31-33-35-37-39-45-52-71(10-4)55-48-56-72(53-46-40-38-36-34-32-30-28-26-24-22-20-18-16-14-12-8-2)54-47-41-42-51-62(74)75-66(5,6)58-73-61(57-68-9-3)70-63-64(73)59-49-43-44-50-60(59)69-65(63)67/h43-44,49-50,68H,7-42,45-48,51-58H2,1-6H3,(H2,67,69). The van der Waals surface area contributed by atoms with E-state index in [1.165, 1.54) is 251 Å². The Morgan fingerprint density at radius 2 is 0.933 bits per heavy atom. The maximum atomic E-state index is 13.4. The molecule has 0 aliphatic heterocycles. The van der Waals surface area contributed by atoms with Crippen LogP contribution in [0.2, 0.25) is 0 Å². The molecule has 0 bridgehead atoms. The fourth-order valence-corrected chi connectivity index (χ4v) is 11.4. The Kier molecular flexibility index (Phi) is 39.2. The Balaban J connectivity index is 1.36. The number of unbranched alkanes of at least 4 members (excludes halogenated alkanes) is 34. The summed E-state index contributed by atoms with van der Waals surface area (Å²) in [5.74, 6) is 1.17. The lowest BCUT2D eigenvalue weighted by Crippen LogP contribution is -2.34. The average Bonchev–Trinajstić information content (AvgIpc) is 3.76. The van der Waals surface area contributed by atoms with E-state index in [1.54, 1.807) is 0 Å². The zero-order valence-electron chi connectivity index (χ0n) is 50.4. The summed E-state index contributed by atoms with van der Waals surface area (Å²) in [6.07, 6.45) is 53.0. The molecule has 2 aromatic heterocycles. The van der Waals surface area contributed by atoms with Crippen molar-refractivity contribution >= 4 is 33.7 Å². The number of nitrogens with two attached hydrogens (primary N) is 1. The molecule has 9 heteroatoms. The monoisotopic (exact) mass is 1040 g/mol. The van der Waals surface area contributed by atoms with E-state index in [-0.39, 0.29) is 5.97 Å². The van der Waals surface area contributed by atoms with Gasteiger partial charge in [-0.1, -0.05) is 258 Å². The number of fused-ring (bicyclic) bond motifs is 3. The number of para-hydroxylation sites is 1. The number of imidazole rings is 1. The number of nitrogen functional groups attached to an aromatic ring is 1. The van der Waals surface area contributed by atoms with E-state index in [4.69, 9.17) is 15.5 Å². The van der Waals surface area contributed by atoms with Crippen molar-refractivity contribution in [3.63, 3.8) is 0 Å². The summed E-state index contributed by atoms with van der Waals surface area (Å²) < 4.78 is 8.42. The first-order valence-electron chi connectivity index (χ1n) is 32.6. The van der Waals surface area contributed by atoms with Gasteiger partial charge in [0.15, 0.2) is 5.82 Å². The van der Waals surface area contributed by atoms with Crippen molar-refractivity contribution < 1.29 is 9.53 Å². The van der Waals surface area contributed by atoms with Crippen LogP contribution in [0.5, 0.6) is 0 Å². The van der Waals surface area contributed by atoms with E-state index in [0.717, 1.165) is 61.1 Å². The van der Waals surface area contributed by atoms with Gasteiger partial charge >= 0.3 is 5.97 Å². The molecule has 3 aromatic rings. The molecule has 3 rings (SSSR count). The van der Waals surface area contributed by atoms with Gasteiger partial charge in [-0.15, -0.1) is 0 Å². The number of carbonyl (C=O) groups is 1. The molecule has 75 heavy (non-hydrogen) atoms. The topological polar surface area (TPSA) is 102 Å². The Morgan fingerprint density at radius 1 is 0.533 bits per heavy atom. The summed E-state index contributed by atoms with van der Waals surface area (Å²) in [7, 11) is 0. The number of aromatic nitrogens is 3. The van der Waals surface area contributed by atoms with Crippen LogP contribution < -0.4 is 11.1 Å². The second-order valence-corrected chi connectivity index (χ2v) is 23.6. The SMILES string of the molecule is CCCCCCCCCCCCCCCCCCCN(CC)CCCN(CCCCCCCCCCCCCCCCCCC)CCCCCC(=O)OC(C)(C)Cn1c(CNCC)nc2c(N)nc3ccccc3c21. The van der Waals surface area contributed by atoms with E-state index < -0.39 is 5.60 Å². The number of benzene rings is 1. The lowest BCUT2D eigenvalue weighted by atomic mass is 10.0. The van der Waals surface area contributed by atoms with Crippen LogP contribution in [0.25, 0.3) is 21.9 Å². The number of hydrogen-bond donors (Lipinski definition) is 2. The Labute approximate surface area is 463 Å². The number of pyridine rings is 1. The van der Waals surface area contributed by atoms with Crippen LogP contribution in [-0.2, 0) is 22.6 Å². The minimum absolute atomic E-state index is 0.122. The second kappa shape index (κ2) is 44.1. The molecule has 432 valence electrons. The molecule has 0 aliphatic rings. The molecule has 0 atom stereocenters. The molecule has 1 aromatic carbocycles. The lowest BCUT2D eigenvalue weighted by molar-refractivity contribution is -0.157. The predicted molar refractivity (Wildman–Crippen MR) is 327 cm³/mol. The number of anilines is 1. The molecule has 0 saturated heterocycles. The third-order valence-electron chi connectivity index (χ3n) is 16.1. The first kappa shape index (κ1) is 66.5. The number of nitrogens with zero attached hydrogens (tertiary/aromatic N) is 5. The van der Waals surface area contributed by atoms with Gasteiger partial charge in [0, 0.05) is 11.8 Å². The Bertz CT molecular complexity index is 1810. The van der Waals surface area contributed by atoms with Crippen molar-refractivity contribution in [3.05, 3.63) is 30.1 Å². The van der Waals surface area contributed by atoms with E-state index >= 15 is 0 Å². The molecule has 0 amide bonds. The van der Waals surface area contributed by atoms with Gasteiger partial charge in [0.05, 0.1) is 24.1 Å². The molecule has 3 N–H and O–H groups in total. The number of nitrogens with one attached hydrogen (secondary N) is 1. The molecule has 0 radical (unpaired) electrons. The molecule has 0 fully saturated rings. The number of hydrogen-bond acceptors (Lipinski definition) is 8. The van der Waals surface area contributed by atoms with Crippen molar-refractivity contribution in [1.29, 1.82) is 0 Å². The van der Waals surface area contributed by atoms with Crippen LogP contribution in [0, 0.1) is 0 Å². The summed E-state index contributed by atoms with van der Waals surface area (Å²) in [5, 5.41) is 4.43. The van der Waals surface area contributed by atoms with Crippen molar-refractivity contribution in [2.24, 2.45) is 0 Å². The van der Waals surface area contributed by atoms with Crippen LogP contribution >= 0.6 is 0 Å². The van der Waals surface area contributed by atoms with Gasteiger partial charge in [0.25, 0.3) is 0 Å². The highest BCUT2D eigenvalue weighted by atomic mass is 16.6. The van der Waals surface area contributed by atoms with Crippen LogP contribution in [0.1, 0.15) is 298 Å². The van der Waals surface area contributed by atoms with E-state index in [0.29, 0.717) is 30.8 Å². The highest BCUT2D eigenvalue weighted by molar-refractivity contribution is 6.06. The quantitative estimate of drug-likeness (QED) is 0.0426. The average molecular weight is 1040 g/mol. The van der Waals surface area contributed by atoms with E-state index in [2.05, 4.69) is 58.4 Å². The largest absolute Gasteiger partial charge is 0.458 e. The van der Waals surface area contributed by atoms with Gasteiger partial charge < -0.3 is 30.2 Å². The first-order valence-corrected chi connectivity index (χ1v) is 32.6. The van der Waals surface area contributed by atoms with Gasteiger partial charge in [-0.3, -0.25) is 4.79 Å². The molecular weight excluding hydrogens is 923 g/mol. The number of rotatable bonds is 53. The Hall–Kier alpha value is -2.75. The van der Waals surface area contributed by atoms with Gasteiger partial charge in [0.1, 0.15) is 16.9 Å². The third kappa shape index (κ3) is 31.4. The highest BCUT2D eigenvalue weighted by Gasteiger charge is 2.27. The molecule has 0 aliphatic carbocycles. The van der Waals surface area contributed by atoms with Gasteiger partial charge in [-0.25, -0.2) is 9.97 Å². The fourth-order valence-electron chi connectivity index (χ4n) is 11.4. The molecular formula is C66H121N7O2. The van der Waals surface area contributed by atoms with Crippen LogP contribution in [0.3, 0.4) is 0 Å². The maximum Gasteiger partial charge on any atom is 0.306 e. The van der Waals surface area contributed by atoms with Crippen LogP contribution in [0.4, 0.5) is 5.82 Å². The first-order chi connectivity index (χ1) is 36.7. The van der Waals surface area contributed by atoms with Crippen molar-refractivity contribution in [2.75, 3.05) is 51.5 Å². The van der Waals surface area contributed by atoms with E-state index in [9.17, 15) is 4.79 Å². The van der Waals surface area contributed by atoms with Gasteiger partial charge in [-0.05, 0) is 97.8 Å². The van der Waals surface area contributed by atoms with Gasteiger partial charge in [0.2, 0.25) is 0 Å². The Morgan fingerprint density at radius 3 is 1.39 bits per heavy atom. The molecule has 0 unspecified atom stereocenters. The normalized spacial score (nSPS) is 12.2. The summed E-state index contributed by atoms with van der Waals surface area (Å²) in [6.45, 7) is 22.1. The summed E-state index contributed by atoms with van der Waals surface area (Å²) in [4.78, 5) is 28.5. The van der Waals surface area contributed by atoms with Crippen LogP contribution in [0.15, 0.2) is 24.3 Å². The summed E-state index contributed by atoms with van der Waals surface area (Å²) in [6, 6.07) is 8.07. The molecule has 0 spiro atoms. The van der Waals surface area contributed by atoms with E-state index in [1.807, 2.05) is 32.0 Å². The van der Waals surface area contributed by atoms with Gasteiger partial charge in [-0.2, -0.15) is 0 Å². The minimum atomic E-state index is -0.730. The number of carbonyl (C=O) groups excluding carboxylic acids is 1. The second-order valence-electron chi connectivity index (χ2n) is 23.6. The summed E-state index contributed by atoms with van der Waals surface area (Å²) >= 11 is 0. The fraction of sp³-hybridized carbons (Fsp3) is 0.833. The molecule has 2 heterocycles. The maximum absolute atomic E-state index is 13.4. The highest BCUT2D eigenvalue weighted by Crippen LogP contribution is 2.31. The van der Waals surface area contributed by atoms with Crippen molar-refractivity contribution in [1.82, 2.24) is 29.7 Å². The molecule has 0 saturated carbocycles. The van der Waals surface area contributed by atoms with Crippen molar-refractivity contribution in [3.8, 4) is 0 Å². The van der Waals surface area contributed by atoms with Crippen LogP contribution in [-0.4, -0.2) is 81.7 Å². The predicted octanol–water partition coefficient (Wildman–Crippen LogP) is 18.5. The number of ether oxygens (including phenoxy) is 1. The lowest BCUT2D eigenvalue weighted by Gasteiger charge is -2.27. The van der Waals surface area contributed by atoms with Crippen molar-refractivity contribution in [2.45, 2.75) is 311 Å². The smallest absolute Gasteiger partial charge is 0.306 e. The number of esters is 1. The zero-order valence-corrected chi connectivity index (χ0v) is 50.4. The zero-order chi connectivity index (χ0) is 53.9. The molecule has 9 nitrogen and oxygen atoms in total. The summed E-state index contributed by atoms with van der Waals surface area (Å²) in [5.41, 5.74) is 8.21.